The molecule has 0 N–H and O–H groups in total. The van der Waals surface area contributed by atoms with Crippen molar-refractivity contribution in [3.63, 3.8) is 0 Å². The van der Waals surface area contributed by atoms with Gasteiger partial charge in [-0.25, -0.2) is 0 Å². The number of para-hydroxylation sites is 2. The number of benzene rings is 2. The van der Waals surface area contributed by atoms with Crippen molar-refractivity contribution in [3.05, 3.63) is 60.2 Å². The molecule has 1 spiro atoms. The van der Waals surface area contributed by atoms with E-state index in [0.717, 1.165) is 50.3 Å². The van der Waals surface area contributed by atoms with E-state index in [0.29, 0.717) is 12.7 Å². The molecule has 1 atom stereocenters. The lowest BCUT2D eigenvalue weighted by atomic mass is 9.86. The van der Waals surface area contributed by atoms with Gasteiger partial charge in [-0.15, -0.1) is 0 Å². The predicted molar refractivity (Wildman–Crippen MR) is 131 cm³/mol. The number of hydrogen-bond donors (Lipinski definition) is 0. The van der Waals surface area contributed by atoms with Crippen molar-refractivity contribution < 1.29 is 14.3 Å². The SMILES string of the molecule is CC(=O)N(c1ccccc1)[C@H]1COC2(CCN(Cc3ccccc3OC3CCCC3)CC2)C1. The zero-order valence-corrected chi connectivity index (χ0v) is 19.7. The number of amides is 1. The van der Waals surface area contributed by atoms with E-state index in [1.165, 1.54) is 31.2 Å². The minimum atomic E-state index is -0.108. The summed E-state index contributed by atoms with van der Waals surface area (Å²) in [6.45, 7) is 5.22. The standard InChI is InChI=1S/C28H36N2O3/c1-22(31)30(24-10-3-2-4-11-24)25-19-28(32-21-25)15-17-29(18-16-28)20-23-9-5-8-14-27(23)33-26-12-6-7-13-26/h2-5,8-11,14,25-26H,6-7,12-13,15-21H2,1H3/t25-/m1/s1. The summed E-state index contributed by atoms with van der Waals surface area (Å²) in [6, 6.07) is 18.6. The Kier molecular flexibility index (Phi) is 6.70. The molecule has 5 nitrogen and oxygen atoms in total. The van der Waals surface area contributed by atoms with Crippen LogP contribution >= 0.6 is 0 Å². The summed E-state index contributed by atoms with van der Waals surface area (Å²) in [4.78, 5) is 16.9. The van der Waals surface area contributed by atoms with Crippen molar-refractivity contribution in [1.29, 1.82) is 0 Å². The van der Waals surface area contributed by atoms with Gasteiger partial charge in [0, 0.05) is 37.8 Å². The van der Waals surface area contributed by atoms with Gasteiger partial charge in [0.1, 0.15) is 5.75 Å². The Morgan fingerprint density at radius 3 is 2.48 bits per heavy atom. The highest BCUT2D eigenvalue weighted by Gasteiger charge is 2.45. The molecule has 0 aromatic heterocycles. The van der Waals surface area contributed by atoms with Gasteiger partial charge in [0.05, 0.1) is 24.4 Å². The van der Waals surface area contributed by atoms with E-state index in [4.69, 9.17) is 9.47 Å². The van der Waals surface area contributed by atoms with Gasteiger partial charge >= 0.3 is 0 Å². The maximum absolute atomic E-state index is 12.5. The monoisotopic (exact) mass is 448 g/mol. The van der Waals surface area contributed by atoms with Crippen LogP contribution in [0.4, 0.5) is 5.69 Å². The van der Waals surface area contributed by atoms with Crippen molar-refractivity contribution >= 4 is 11.6 Å². The zero-order chi connectivity index (χ0) is 22.7. The lowest BCUT2D eigenvalue weighted by Gasteiger charge is -2.39. The molecular weight excluding hydrogens is 412 g/mol. The quantitative estimate of drug-likeness (QED) is 0.610. The molecular formula is C28H36N2O3. The molecule has 2 aliphatic heterocycles. The second-order valence-electron chi connectivity index (χ2n) is 9.98. The highest BCUT2D eigenvalue weighted by molar-refractivity contribution is 5.92. The zero-order valence-electron chi connectivity index (χ0n) is 19.7. The molecule has 1 aliphatic carbocycles. The van der Waals surface area contributed by atoms with Crippen molar-refractivity contribution in [3.8, 4) is 5.75 Å². The summed E-state index contributed by atoms with van der Waals surface area (Å²) in [5, 5.41) is 0. The lowest BCUT2D eigenvalue weighted by molar-refractivity contribution is -0.117. The van der Waals surface area contributed by atoms with Crippen LogP contribution in [0, 0.1) is 0 Å². The highest BCUT2D eigenvalue weighted by Crippen LogP contribution is 2.39. The van der Waals surface area contributed by atoms with Gasteiger partial charge in [-0.3, -0.25) is 9.69 Å². The van der Waals surface area contributed by atoms with Crippen molar-refractivity contribution in [2.75, 3.05) is 24.6 Å². The van der Waals surface area contributed by atoms with Gasteiger partial charge in [-0.05, 0) is 63.1 Å². The summed E-state index contributed by atoms with van der Waals surface area (Å²) in [6.07, 6.45) is 8.25. The average molecular weight is 449 g/mol. The summed E-state index contributed by atoms with van der Waals surface area (Å²) < 4.78 is 12.8. The van der Waals surface area contributed by atoms with Gasteiger partial charge in [-0.1, -0.05) is 36.4 Å². The van der Waals surface area contributed by atoms with E-state index in [1.807, 2.05) is 35.2 Å². The predicted octanol–water partition coefficient (Wildman–Crippen LogP) is 5.18. The molecule has 1 saturated carbocycles. The Bertz CT molecular complexity index is 933. The van der Waals surface area contributed by atoms with E-state index < -0.39 is 0 Å². The number of likely N-dealkylation sites (tertiary alicyclic amines) is 1. The van der Waals surface area contributed by atoms with Gasteiger partial charge in [0.2, 0.25) is 5.91 Å². The smallest absolute Gasteiger partial charge is 0.224 e. The number of anilines is 1. The van der Waals surface area contributed by atoms with Gasteiger partial charge in [-0.2, -0.15) is 0 Å². The fourth-order valence-corrected chi connectivity index (χ4v) is 5.87. The molecule has 176 valence electrons. The van der Waals surface area contributed by atoms with Crippen molar-refractivity contribution in [1.82, 2.24) is 4.90 Å². The molecule has 3 fully saturated rings. The van der Waals surface area contributed by atoms with Crippen LogP contribution in [-0.2, 0) is 16.1 Å². The Balaban J connectivity index is 1.19. The summed E-state index contributed by atoms with van der Waals surface area (Å²) >= 11 is 0. The lowest BCUT2D eigenvalue weighted by Crippen LogP contribution is -2.45. The first-order valence-corrected chi connectivity index (χ1v) is 12.6. The fourth-order valence-electron chi connectivity index (χ4n) is 5.87. The molecule has 0 unspecified atom stereocenters. The summed E-state index contributed by atoms with van der Waals surface area (Å²) in [5.41, 5.74) is 2.15. The fraction of sp³-hybridized carbons (Fsp3) is 0.536. The summed E-state index contributed by atoms with van der Waals surface area (Å²) in [5.74, 6) is 1.14. The Labute approximate surface area is 197 Å². The first kappa shape index (κ1) is 22.4. The Hall–Kier alpha value is -2.37. The second kappa shape index (κ2) is 9.86. The third-order valence-electron chi connectivity index (χ3n) is 7.66. The van der Waals surface area contributed by atoms with Crippen LogP contribution in [0.25, 0.3) is 0 Å². The Morgan fingerprint density at radius 2 is 1.76 bits per heavy atom. The number of piperidine rings is 1. The molecule has 0 radical (unpaired) electrons. The highest BCUT2D eigenvalue weighted by atomic mass is 16.5. The molecule has 5 heteroatoms. The average Bonchev–Trinajstić information content (AvgIpc) is 3.48. The van der Waals surface area contributed by atoms with E-state index in [2.05, 4.69) is 29.2 Å². The normalized spacial score (nSPS) is 23.1. The van der Waals surface area contributed by atoms with Gasteiger partial charge in [0.25, 0.3) is 0 Å². The maximum atomic E-state index is 12.5. The van der Waals surface area contributed by atoms with Crippen LogP contribution in [0.3, 0.4) is 0 Å². The molecule has 2 aromatic rings. The minimum Gasteiger partial charge on any atom is -0.490 e. The number of carbonyl (C=O) groups excluding carboxylic acids is 1. The van der Waals surface area contributed by atoms with Crippen LogP contribution in [0.1, 0.15) is 57.4 Å². The van der Waals surface area contributed by atoms with Gasteiger partial charge in [0.15, 0.2) is 0 Å². The van der Waals surface area contributed by atoms with Crippen LogP contribution in [0.2, 0.25) is 0 Å². The molecule has 2 aromatic carbocycles. The number of hydrogen-bond acceptors (Lipinski definition) is 4. The van der Waals surface area contributed by atoms with Crippen LogP contribution in [0.15, 0.2) is 54.6 Å². The van der Waals surface area contributed by atoms with E-state index in [1.54, 1.807) is 6.92 Å². The largest absolute Gasteiger partial charge is 0.490 e. The van der Waals surface area contributed by atoms with Crippen LogP contribution in [0.5, 0.6) is 5.75 Å². The molecule has 33 heavy (non-hydrogen) atoms. The first-order valence-electron chi connectivity index (χ1n) is 12.6. The third kappa shape index (κ3) is 5.10. The summed E-state index contributed by atoms with van der Waals surface area (Å²) in [7, 11) is 0. The molecule has 3 aliphatic rings. The molecule has 1 amide bonds. The molecule has 2 heterocycles. The molecule has 0 bridgehead atoms. The number of carbonyl (C=O) groups is 1. The number of ether oxygens (including phenoxy) is 2. The van der Waals surface area contributed by atoms with E-state index in [-0.39, 0.29) is 17.6 Å². The van der Waals surface area contributed by atoms with Crippen molar-refractivity contribution in [2.45, 2.75) is 76.2 Å². The topological polar surface area (TPSA) is 42.0 Å². The number of nitrogens with zero attached hydrogens (tertiary/aromatic N) is 2. The third-order valence-corrected chi connectivity index (χ3v) is 7.66. The van der Waals surface area contributed by atoms with Crippen LogP contribution in [-0.4, -0.2) is 48.3 Å². The number of rotatable bonds is 6. The van der Waals surface area contributed by atoms with Crippen molar-refractivity contribution in [2.24, 2.45) is 0 Å². The second-order valence-corrected chi connectivity index (χ2v) is 9.98. The molecule has 5 rings (SSSR count). The van der Waals surface area contributed by atoms with E-state index in [9.17, 15) is 4.79 Å². The first-order chi connectivity index (χ1) is 16.1. The van der Waals surface area contributed by atoms with E-state index >= 15 is 0 Å². The maximum Gasteiger partial charge on any atom is 0.224 e. The van der Waals surface area contributed by atoms with Crippen LogP contribution < -0.4 is 9.64 Å². The van der Waals surface area contributed by atoms with Gasteiger partial charge < -0.3 is 14.4 Å². The Morgan fingerprint density at radius 1 is 1.06 bits per heavy atom. The molecule has 2 saturated heterocycles. The minimum absolute atomic E-state index is 0.0863.